The van der Waals surface area contributed by atoms with Gasteiger partial charge in [-0.25, -0.2) is 4.79 Å². The van der Waals surface area contributed by atoms with Gasteiger partial charge in [-0.15, -0.1) is 6.58 Å². The summed E-state index contributed by atoms with van der Waals surface area (Å²) in [4.78, 5) is 37.9. The van der Waals surface area contributed by atoms with E-state index < -0.39 is 17.8 Å². The highest BCUT2D eigenvalue weighted by Gasteiger charge is 2.35. The fourth-order valence-electron chi connectivity index (χ4n) is 3.45. The zero-order valence-electron chi connectivity index (χ0n) is 15.7. The van der Waals surface area contributed by atoms with E-state index in [0.717, 1.165) is 26.9 Å². The lowest BCUT2D eigenvalue weighted by Crippen LogP contribution is -2.54. The van der Waals surface area contributed by atoms with Gasteiger partial charge in [0.1, 0.15) is 5.57 Å². The Morgan fingerprint density at radius 1 is 0.966 bits per heavy atom. The summed E-state index contributed by atoms with van der Waals surface area (Å²) < 4.78 is 2.08. The highest BCUT2D eigenvalue weighted by molar-refractivity contribution is 6.31. The van der Waals surface area contributed by atoms with Gasteiger partial charge < -0.3 is 4.57 Å². The van der Waals surface area contributed by atoms with Crippen molar-refractivity contribution < 1.29 is 14.4 Å². The number of carbonyl (C=O) groups is 3. The van der Waals surface area contributed by atoms with Crippen LogP contribution in [0.25, 0.3) is 17.0 Å². The average Bonchev–Trinajstić information content (AvgIpc) is 3.07. The molecule has 0 radical (unpaired) electrons. The molecule has 0 bridgehead atoms. The first-order valence-corrected chi connectivity index (χ1v) is 9.20. The van der Waals surface area contributed by atoms with E-state index in [2.05, 4.69) is 16.5 Å². The van der Waals surface area contributed by atoms with E-state index in [9.17, 15) is 14.4 Å². The number of fused-ring (bicyclic) bond motifs is 1. The topological polar surface area (TPSA) is 71.4 Å². The molecule has 2 aromatic carbocycles. The van der Waals surface area contributed by atoms with E-state index in [4.69, 9.17) is 0 Å². The molecule has 1 N–H and O–H groups in total. The van der Waals surface area contributed by atoms with E-state index in [-0.39, 0.29) is 12.1 Å². The smallest absolute Gasteiger partial charge is 0.331 e. The molecule has 29 heavy (non-hydrogen) atoms. The second kappa shape index (κ2) is 7.59. The summed E-state index contributed by atoms with van der Waals surface area (Å²) in [5, 5.41) is 3.13. The molecule has 6 heteroatoms. The van der Waals surface area contributed by atoms with Gasteiger partial charge in [-0.2, -0.15) is 0 Å². The van der Waals surface area contributed by atoms with Crippen LogP contribution in [0.4, 0.5) is 4.79 Å². The van der Waals surface area contributed by atoms with Crippen molar-refractivity contribution in [1.29, 1.82) is 0 Å². The summed E-state index contributed by atoms with van der Waals surface area (Å²) in [6.45, 7) is 4.25. The number of nitrogens with zero attached hydrogens (tertiary/aromatic N) is 2. The minimum absolute atomic E-state index is 0.0328. The standard InChI is InChI=1S/C23H19N3O3/c1-2-12-26-22(28)19(21(27)24-23(26)29)13-17-15-25(14-16-8-4-3-5-9-16)20-11-7-6-10-18(17)20/h2-11,13,15H,1,12,14H2,(H,24,27,29)/b19-13+. The molecule has 144 valence electrons. The van der Waals surface area contributed by atoms with Crippen molar-refractivity contribution in [3.8, 4) is 0 Å². The van der Waals surface area contributed by atoms with Crippen LogP contribution in [0, 0.1) is 0 Å². The third kappa shape index (κ3) is 3.48. The number of hydrogen-bond acceptors (Lipinski definition) is 3. The molecule has 4 amide bonds. The zero-order chi connectivity index (χ0) is 20.4. The van der Waals surface area contributed by atoms with Crippen molar-refractivity contribution >= 4 is 34.8 Å². The molecule has 0 spiro atoms. The van der Waals surface area contributed by atoms with Crippen LogP contribution in [-0.4, -0.2) is 33.9 Å². The predicted octanol–water partition coefficient (Wildman–Crippen LogP) is 3.34. The lowest BCUT2D eigenvalue weighted by Gasteiger charge is -2.25. The highest BCUT2D eigenvalue weighted by atomic mass is 16.2. The monoisotopic (exact) mass is 385 g/mol. The van der Waals surface area contributed by atoms with Gasteiger partial charge in [0.15, 0.2) is 0 Å². The number of benzene rings is 2. The van der Waals surface area contributed by atoms with Gasteiger partial charge in [0.05, 0.1) is 0 Å². The Bertz CT molecular complexity index is 1160. The van der Waals surface area contributed by atoms with Crippen LogP contribution >= 0.6 is 0 Å². The van der Waals surface area contributed by atoms with Gasteiger partial charge >= 0.3 is 6.03 Å². The first-order valence-electron chi connectivity index (χ1n) is 9.20. The van der Waals surface area contributed by atoms with Crippen LogP contribution in [0.15, 0.2) is 79.0 Å². The van der Waals surface area contributed by atoms with Gasteiger partial charge in [0, 0.05) is 35.8 Å². The average molecular weight is 385 g/mol. The molecule has 1 aliphatic rings. The number of hydrogen-bond donors (Lipinski definition) is 1. The molecule has 4 rings (SSSR count). The van der Waals surface area contributed by atoms with Crippen LogP contribution in [0.1, 0.15) is 11.1 Å². The van der Waals surface area contributed by atoms with Gasteiger partial charge in [-0.3, -0.25) is 19.8 Å². The van der Waals surface area contributed by atoms with Crippen LogP contribution in [0.2, 0.25) is 0 Å². The Balaban J connectivity index is 1.78. The molecule has 1 aliphatic heterocycles. The van der Waals surface area contributed by atoms with Crippen molar-refractivity contribution in [2.45, 2.75) is 6.54 Å². The van der Waals surface area contributed by atoms with Crippen LogP contribution in [-0.2, 0) is 16.1 Å². The van der Waals surface area contributed by atoms with Crippen molar-refractivity contribution in [2.75, 3.05) is 6.54 Å². The maximum Gasteiger partial charge on any atom is 0.331 e. The van der Waals surface area contributed by atoms with E-state index in [1.165, 1.54) is 6.08 Å². The number of rotatable bonds is 5. The van der Waals surface area contributed by atoms with Crippen molar-refractivity contribution in [3.63, 3.8) is 0 Å². The molecule has 0 unspecified atom stereocenters. The molecule has 0 aliphatic carbocycles. The van der Waals surface area contributed by atoms with Gasteiger partial charge in [-0.1, -0.05) is 54.6 Å². The fraction of sp³-hybridized carbons (Fsp3) is 0.0870. The summed E-state index contributed by atoms with van der Waals surface area (Å²) in [5.74, 6) is -1.32. The number of amides is 4. The molecule has 0 saturated carbocycles. The molecule has 1 saturated heterocycles. The van der Waals surface area contributed by atoms with Crippen molar-refractivity contribution in [3.05, 3.63) is 90.1 Å². The molecule has 1 fully saturated rings. The number of barbiturate groups is 1. The molecule has 1 aromatic heterocycles. The number of nitrogens with one attached hydrogen (secondary N) is 1. The Labute approximate surface area is 167 Å². The highest BCUT2D eigenvalue weighted by Crippen LogP contribution is 2.25. The Hall–Kier alpha value is -3.93. The maximum absolute atomic E-state index is 12.7. The molecule has 2 heterocycles. The molecule has 3 aromatic rings. The van der Waals surface area contributed by atoms with Crippen molar-refractivity contribution in [2.24, 2.45) is 0 Å². The normalized spacial score (nSPS) is 15.8. The molecule has 6 nitrogen and oxygen atoms in total. The van der Waals surface area contributed by atoms with E-state index in [0.29, 0.717) is 6.54 Å². The predicted molar refractivity (Wildman–Crippen MR) is 111 cm³/mol. The summed E-state index contributed by atoms with van der Waals surface area (Å²) in [6.07, 6.45) is 4.90. The Morgan fingerprint density at radius 2 is 1.69 bits per heavy atom. The van der Waals surface area contributed by atoms with Crippen LogP contribution in [0.3, 0.4) is 0 Å². The summed E-state index contributed by atoms with van der Waals surface area (Å²) >= 11 is 0. The van der Waals surface area contributed by atoms with E-state index in [1.807, 2.05) is 60.8 Å². The maximum atomic E-state index is 12.7. The molecular weight excluding hydrogens is 366 g/mol. The van der Waals surface area contributed by atoms with Crippen LogP contribution in [0.5, 0.6) is 0 Å². The number of imide groups is 2. The van der Waals surface area contributed by atoms with E-state index >= 15 is 0 Å². The number of carbonyl (C=O) groups excluding carboxylic acids is 3. The molecular formula is C23H19N3O3. The Kier molecular flexibility index (Phi) is 4.83. The minimum Gasteiger partial charge on any atom is -0.342 e. The summed E-state index contributed by atoms with van der Waals surface area (Å²) in [6, 6.07) is 17.1. The number of para-hydroxylation sites is 1. The van der Waals surface area contributed by atoms with Gasteiger partial charge in [-0.05, 0) is 17.7 Å². The quantitative estimate of drug-likeness (QED) is 0.416. The lowest BCUT2D eigenvalue weighted by molar-refractivity contribution is -0.129. The SMILES string of the molecule is C=CCN1C(=O)NC(=O)/C(=C\c2cn(Cc3ccccc3)c3ccccc23)C1=O. The second-order valence-electron chi connectivity index (χ2n) is 6.74. The summed E-state index contributed by atoms with van der Waals surface area (Å²) in [5.41, 5.74) is 2.80. The zero-order valence-corrected chi connectivity index (χ0v) is 15.7. The molecule has 0 atom stereocenters. The minimum atomic E-state index is -0.733. The van der Waals surface area contributed by atoms with E-state index in [1.54, 1.807) is 6.08 Å². The lowest BCUT2D eigenvalue weighted by atomic mass is 10.1. The second-order valence-corrected chi connectivity index (χ2v) is 6.74. The van der Waals surface area contributed by atoms with Crippen LogP contribution < -0.4 is 5.32 Å². The Morgan fingerprint density at radius 3 is 2.45 bits per heavy atom. The third-order valence-corrected chi connectivity index (χ3v) is 4.81. The third-order valence-electron chi connectivity index (χ3n) is 4.81. The summed E-state index contributed by atoms with van der Waals surface area (Å²) in [7, 11) is 0. The van der Waals surface area contributed by atoms with Gasteiger partial charge in [0.25, 0.3) is 11.8 Å². The fourth-order valence-corrected chi connectivity index (χ4v) is 3.45. The first-order chi connectivity index (χ1) is 14.1. The number of aromatic nitrogens is 1. The van der Waals surface area contributed by atoms with Gasteiger partial charge in [0.2, 0.25) is 0 Å². The largest absolute Gasteiger partial charge is 0.342 e. The first kappa shape index (κ1) is 18.4. The number of urea groups is 1. The van der Waals surface area contributed by atoms with Crippen molar-refractivity contribution in [1.82, 2.24) is 14.8 Å².